The number of piperazine rings is 1. The number of aliphatic hydroxyl groups excluding tert-OH is 1. The molecule has 1 N–H and O–H groups in total. The van der Waals surface area contributed by atoms with Crippen LogP contribution in [0.3, 0.4) is 0 Å². The van der Waals surface area contributed by atoms with E-state index in [4.69, 9.17) is 11.0 Å². The number of halogens is 2. The summed E-state index contributed by atoms with van der Waals surface area (Å²) in [6, 6.07) is 8.53. The predicted octanol–water partition coefficient (Wildman–Crippen LogP) is 3.26. The van der Waals surface area contributed by atoms with E-state index in [2.05, 4.69) is 16.2 Å². The zero-order valence-electron chi connectivity index (χ0n) is 30.5. The summed E-state index contributed by atoms with van der Waals surface area (Å²) in [5, 5.41) is 24.1. The van der Waals surface area contributed by atoms with Crippen molar-refractivity contribution in [3.8, 4) is 17.3 Å². The summed E-state index contributed by atoms with van der Waals surface area (Å²) in [6.07, 6.45) is 0.324. The lowest BCUT2D eigenvalue weighted by Gasteiger charge is -2.39. The average Bonchev–Trinajstić information content (AvgIpc) is 3.62. The van der Waals surface area contributed by atoms with Gasteiger partial charge in [-0.15, -0.1) is 0 Å². The van der Waals surface area contributed by atoms with Crippen molar-refractivity contribution in [2.45, 2.75) is 19.4 Å². The average molecular weight is 601 g/mol. The van der Waals surface area contributed by atoms with Crippen molar-refractivity contribution in [1.82, 2.24) is 24.4 Å². The van der Waals surface area contributed by atoms with Gasteiger partial charge in [-0.05, 0) is 36.8 Å². The van der Waals surface area contributed by atoms with E-state index in [-0.39, 0.29) is 44.1 Å². The molecule has 2 saturated heterocycles. The molecule has 1 amide bonds. The maximum Gasteiger partial charge on any atom is 0.236 e. The van der Waals surface area contributed by atoms with Crippen LogP contribution in [0.4, 0.5) is 25.3 Å². The van der Waals surface area contributed by atoms with E-state index in [1.54, 1.807) is 18.9 Å². The van der Waals surface area contributed by atoms with Gasteiger partial charge in [-0.1, -0.05) is 18.3 Å². The minimum atomic E-state index is -3.48. The second kappa shape index (κ2) is 11.3. The summed E-state index contributed by atoms with van der Waals surface area (Å²) in [6.45, 7) is -13.2. The van der Waals surface area contributed by atoms with Gasteiger partial charge in [0.25, 0.3) is 0 Å². The number of pyridine rings is 1. The molecule has 1 aromatic carbocycles. The molecule has 2 aliphatic rings. The lowest BCUT2D eigenvalue weighted by molar-refractivity contribution is -0.142. The number of hydrogen-bond acceptors (Lipinski definition) is 9. The summed E-state index contributed by atoms with van der Waals surface area (Å²) in [5.74, 6) is -2.56. The number of β-amino-alcohol motifs (C(OH)–C–C–N with tert-alkyl or cyclic N) is 1. The van der Waals surface area contributed by atoms with Crippen LogP contribution in [0.15, 0.2) is 36.5 Å². The minimum absolute atomic E-state index is 0.0793. The Bertz CT molecular complexity index is 2000. The van der Waals surface area contributed by atoms with Gasteiger partial charge in [0.15, 0.2) is 10.9 Å². The Morgan fingerprint density at radius 1 is 1.24 bits per heavy atom. The van der Waals surface area contributed by atoms with Crippen LogP contribution < -0.4 is 9.80 Å². The smallest absolute Gasteiger partial charge is 0.236 e. The van der Waals surface area contributed by atoms with Gasteiger partial charge in [-0.2, -0.15) is 10.4 Å². The highest BCUT2D eigenvalue weighted by Crippen LogP contribution is 2.39. The van der Waals surface area contributed by atoms with Crippen LogP contribution in [0.25, 0.3) is 16.8 Å². The molecule has 0 bridgehead atoms. The van der Waals surface area contributed by atoms with Crippen molar-refractivity contribution in [1.29, 1.82) is 5.26 Å². The molecule has 0 radical (unpaired) electrons. The van der Waals surface area contributed by atoms with E-state index < -0.39 is 61.9 Å². The van der Waals surface area contributed by atoms with Crippen LogP contribution in [-0.2, 0) is 11.2 Å². The number of benzene rings is 1. The van der Waals surface area contributed by atoms with Gasteiger partial charge in [-0.25, -0.2) is 18.3 Å². The molecule has 10 nitrogen and oxygen atoms in total. The van der Waals surface area contributed by atoms with Crippen LogP contribution in [0.1, 0.15) is 28.5 Å². The Kier molecular flexibility index (Phi) is 5.34. The van der Waals surface area contributed by atoms with Crippen LogP contribution in [0.5, 0.6) is 0 Å². The molecule has 2 aliphatic heterocycles. The first-order valence-corrected chi connectivity index (χ1v) is 13.7. The van der Waals surface area contributed by atoms with Gasteiger partial charge in [0.1, 0.15) is 22.5 Å². The molecule has 0 unspecified atom stereocenters. The molecule has 13 heteroatoms. The number of aryl methyl sites for hydroxylation is 1. The monoisotopic (exact) mass is 600 g/mol. The van der Waals surface area contributed by atoms with E-state index in [0.29, 0.717) is 23.4 Å². The fourth-order valence-corrected chi connectivity index (χ4v) is 5.52. The summed E-state index contributed by atoms with van der Waals surface area (Å²) < 4.78 is 101. The number of anilines is 3. The highest BCUT2D eigenvalue weighted by atomic mass is 32.1. The molecule has 3 aromatic heterocycles. The summed E-state index contributed by atoms with van der Waals surface area (Å²) in [7, 11) is 1.59. The molecular formula is C29H30F2N8O2S. The SMILES string of the molecule is [2H]C1([2H])N(CC(=O)N2CC(O)C2)C([2H])([2H])C([2H])([2H])N(c2cc3c(N(C)c4nc(-c5ccc(F)cc5)c(C#N)s4)c(CC)nn3cc2F)C1([2H])[2H]. The van der Waals surface area contributed by atoms with Crippen molar-refractivity contribution < 1.29 is 29.6 Å². The Hall–Kier alpha value is -4.12. The second-order valence-electron chi connectivity index (χ2n) is 9.66. The van der Waals surface area contributed by atoms with E-state index in [0.717, 1.165) is 33.0 Å². The number of aliphatic hydroxyl groups is 1. The lowest BCUT2D eigenvalue weighted by atomic mass is 10.1. The number of nitrogens with zero attached hydrogens (tertiary/aromatic N) is 8. The molecule has 0 aliphatic carbocycles. The number of thiazole rings is 1. The second-order valence-corrected chi connectivity index (χ2v) is 10.6. The molecule has 42 heavy (non-hydrogen) atoms. The highest BCUT2D eigenvalue weighted by molar-refractivity contribution is 7.16. The van der Waals surface area contributed by atoms with Crippen molar-refractivity contribution in [2.24, 2.45) is 0 Å². The molecule has 0 saturated carbocycles. The van der Waals surface area contributed by atoms with Gasteiger partial charge in [0.2, 0.25) is 5.91 Å². The first kappa shape index (κ1) is 19.9. The number of amides is 1. The standard InChI is InChI=1S/C29H30F2N8O2S/c1-3-22-28(35(2)29-33-27(25(13-32)42-29)18-4-6-19(30)7-5-18)24-12-23(21(31)16-39(24)34-22)37-10-8-36(9-11-37)17-26(41)38-14-20(40)15-38/h4-7,12,16,20,40H,3,8-11,14-15,17H2,1-2H3/i8D2,9D2,10D2,11D2. The van der Waals surface area contributed by atoms with Crippen molar-refractivity contribution in [3.05, 3.63) is 58.7 Å². The molecule has 4 aromatic rings. The number of hydrogen-bond donors (Lipinski definition) is 1. The third-order valence-corrected chi connectivity index (χ3v) is 7.92. The van der Waals surface area contributed by atoms with Crippen LogP contribution in [0.2, 0.25) is 0 Å². The largest absolute Gasteiger partial charge is 0.389 e. The fraction of sp³-hybridized carbons (Fsp3) is 0.379. The Morgan fingerprint density at radius 3 is 2.60 bits per heavy atom. The number of nitriles is 1. The van der Waals surface area contributed by atoms with E-state index in [9.17, 15) is 19.6 Å². The Balaban J connectivity index is 1.46. The molecule has 2 fully saturated rings. The fourth-order valence-electron chi connectivity index (χ4n) is 4.66. The maximum atomic E-state index is 16.0. The topological polar surface area (TPSA) is 104 Å². The summed E-state index contributed by atoms with van der Waals surface area (Å²) in [5.41, 5.74) is 0.754. The molecule has 6 rings (SSSR count). The summed E-state index contributed by atoms with van der Waals surface area (Å²) in [4.78, 5) is 20.6. The number of rotatable bonds is 7. The van der Waals surface area contributed by atoms with E-state index in [1.807, 2.05) is 0 Å². The van der Waals surface area contributed by atoms with Crippen molar-refractivity contribution in [2.75, 3.05) is 62.5 Å². The Morgan fingerprint density at radius 2 is 1.95 bits per heavy atom. The zero-order valence-corrected chi connectivity index (χ0v) is 23.3. The van der Waals surface area contributed by atoms with Gasteiger partial charge in [0.05, 0.1) is 46.9 Å². The third-order valence-electron chi connectivity index (χ3n) is 6.88. The van der Waals surface area contributed by atoms with Gasteiger partial charge < -0.3 is 19.8 Å². The van der Waals surface area contributed by atoms with Crippen molar-refractivity contribution >= 4 is 39.3 Å². The van der Waals surface area contributed by atoms with Gasteiger partial charge in [-0.3, -0.25) is 9.69 Å². The number of aromatic nitrogens is 3. The number of likely N-dealkylation sites (tertiary alicyclic amines) is 1. The van der Waals surface area contributed by atoms with Crippen LogP contribution in [0, 0.1) is 23.0 Å². The normalized spacial score (nSPS) is 23.7. The number of fused-ring (bicyclic) bond motifs is 1. The molecule has 0 spiro atoms. The van der Waals surface area contributed by atoms with Crippen molar-refractivity contribution in [3.63, 3.8) is 0 Å². The molecule has 0 atom stereocenters. The van der Waals surface area contributed by atoms with E-state index in [1.165, 1.54) is 24.3 Å². The van der Waals surface area contributed by atoms with E-state index >= 15 is 4.39 Å². The minimum Gasteiger partial charge on any atom is -0.389 e. The molecule has 5 heterocycles. The lowest BCUT2D eigenvalue weighted by Crippen LogP contribution is -2.57. The number of carbonyl (C=O) groups excluding carboxylic acids is 1. The first-order chi connectivity index (χ1) is 23.3. The Labute approximate surface area is 256 Å². The van der Waals surface area contributed by atoms with Gasteiger partial charge in [0, 0.05) is 57.2 Å². The maximum absolute atomic E-state index is 16.0. The molecule has 218 valence electrons. The van der Waals surface area contributed by atoms with Crippen LogP contribution in [-0.4, -0.2) is 94.2 Å². The van der Waals surface area contributed by atoms with Gasteiger partial charge >= 0.3 is 0 Å². The predicted molar refractivity (Wildman–Crippen MR) is 156 cm³/mol. The first-order valence-electron chi connectivity index (χ1n) is 16.9. The highest BCUT2D eigenvalue weighted by Gasteiger charge is 2.31. The molecular weight excluding hydrogens is 562 g/mol. The third kappa shape index (κ3) is 5.17. The number of carbonyl (C=O) groups is 1. The zero-order chi connectivity index (χ0) is 36.7. The summed E-state index contributed by atoms with van der Waals surface area (Å²) >= 11 is 1.01. The quantitative estimate of drug-likeness (QED) is 0.345. The van der Waals surface area contributed by atoms with Crippen LogP contribution >= 0.6 is 11.3 Å².